The lowest BCUT2D eigenvalue weighted by Crippen LogP contribution is -2.18. The quantitative estimate of drug-likeness (QED) is 0.0460. The van der Waals surface area contributed by atoms with Gasteiger partial charge in [0, 0.05) is 39.5 Å². The van der Waals surface area contributed by atoms with Gasteiger partial charge in [-0.1, -0.05) is 45.7 Å². The smallest absolute Gasteiger partial charge is 0.336 e. The number of hydrazone groups is 1. The van der Waals surface area contributed by atoms with E-state index in [1.165, 1.54) is 48.7 Å². The molecule has 2 N–H and O–H groups in total. The number of nitro benzene ring substituents is 1. The van der Waals surface area contributed by atoms with Crippen molar-refractivity contribution < 1.29 is 24.0 Å². The molecule has 0 radical (unpaired) electrons. The van der Waals surface area contributed by atoms with E-state index in [0.717, 1.165) is 0 Å². The first-order valence-electron chi connectivity index (χ1n) is 12.2. The third kappa shape index (κ3) is 8.67. The number of hydrogen-bond donors (Lipinski definition) is 2. The van der Waals surface area contributed by atoms with Gasteiger partial charge in [-0.05, 0) is 82.2 Å². The highest BCUT2D eigenvalue weighted by atomic mass is 79.9. The van der Waals surface area contributed by atoms with Gasteiger partial charge in [0.15, 0.2) is 5.75 Å². The average Bonchev–Trinajstić information content (AvgIpc) is 2.98. The lowest BCUT2D eigenvalue weighted by molar-refractivity contribution is -0.384. The summed E-state index contributed by atoms with van der Waals surface area (Å²) >= 11 is 12.8. The molecule has 0 unspecified atom stereocenters. The molecule has 10 nitrogen and oxygen atoms in total. The highest BCUT2D eigenvalue weighted by Gasteiger charge is 2.14. The van der Waals surface area contributed by atoms with Crippen LogP contribution in [0, 0.1) is 10.1 Å². The van der Waals surface area contributed by atoms with Gasteiger partial charge in [0.1, 0.15) is 0 Å². The molecule has 0 aliphatic rings. The van der Waals surface area contributed by atoms with Crippen molar-refractivity contribution in [2.45, 2.75) is 0 Å². The Bertz CT molecular complexity index is 1780. The van der Waals surface area contributed by atoms with Crippen LogP contribution >= 0.6 is 43.5 Å². The minimum atomic E-state index is -0.712. The molecule has 0 aliphatic heterocycles. The number of hydrogen-bond acceptors (Lipinski definition) is 7. The number of carbonyl (C=O) groups is 3. The Hall–Kier alpha value is -4.65. The molecule has 0 aromatic heterocycles. The molecule has 4 rings (SSSR count). The fourth-order valence-corrected chi connectivity index (χ4v) is 5.16. The summed E-state index contributed by atoms with van der Waals surface area (Å²) in [6.45, 7) is 0. The van der Waals surface area contributed by atoms with E-state index in [4.69, 9.17) is 16.3 Å². The van der Waals surface area contributed by atoms with Crippen LogP contribution in [0.1, 0.15) is 31.8 Å². The van der Waals surface area contributed by atoms with Crippen molar-refractivity contribution in [2.24, 2.45) is 5.10 Å². The van der Waals surface area contributed by atoms with Gasteiger partial charge in [-0.3, -0.25) is 19.7 Å². The monoisotopic (exact) mass is 724 g/mol. The Morgan fingerprint density at radius 3 is 2.40 bits per heavy atom. The number of nitrogens with one attached hydrogen (secondary N) is 2. The zero-order chi connectivity index (χ0) is 30.9. The fourth-order valence-electron chi connectivity index (χ4n) is 3.60. The van der Waals surface area contributed by atoms with E-state index < -0.39 is 22.7 Å². The first kappa shape index (κ1) is 31.3. The normalized spacial score (nSPS) is 11.0. The lowest BCUT2D eigenvalue weighted by atomic mass is 10.1. The Labute approximate surface area is 266 Å². The zero-order valence-electron chi connectivity index (χ0n) is 21.8. The van der Waals surface area contributed by atoms with Gasteiger partial charge < -0.3 is 10.1 Å². The Morgan fingerprint density at radius 2 is 1.67 bits per heavy atom. The molecular weight excluding hydrogens is 708 g/mol. The van der Waals surface area contributed by atoms with Gasteiger partial charge in [-0.2, -0.15) is 5.10 Å². The maximum atomic E-state index is 12.8. The SMILES string of the molecule is O=C(/C=C/c1ccc([N+](=O)[O-])cc1)Oc1c(Br)cc(Br)cc1C=NNC(=O)c1cccc(NC(=O)c2ccccc2Cl)c1. The van der Waals surface area contributed by atoms with Crippen molar-refractivity contribution in [2.75, 3.05) is 5.32 Å². The second-order valence-corrected chi connectivity index (χ2v) is 10.8. The van der Waals surface area contributed by atoms with Gasteiger partial charge in [0.05, 0.1) is 26.2 Å². The molecule has 4 aromatic carbocycles. The number of amides is 2. The minimum absolute atomic E-state index is 0.0672. The van der Waals surface area contributed by atoms with Crippen LogP contribution in [0.3, 0.4) is 0 Å². The van der Waals surface area contributed by atoms with Crippen LogP contribution in [0.4, 0.5) is 11.4 Å². The van der Waals surface area contributed by atoms with Gasteiger partial charge >= 0.3 is 5.97 Å². The molecule has 2 amide bonds. The van der Waals surface area contributed by atoms with Crippen molar-refractivity contribution in [3.63, 3.8) is 0 Å². The van der Waals surface area contributed by atoms with Crippen molar-refractivity contribution in [1.82, 2.24) is 5.43 Å². The summed E-state index contributed by atoms with van der Waals surface area (Å²) in [6, 6.07) is 21.8. The van der Waals surface area contributed by atoms with E-state index in [1.807, 2.05) is 0 Å². The highest BCUT2D eigenvalue weighted by Crippen LogP contribution is 2.32. The molecule has 4 aromatic rings. The minimum Gasteiger partial charge on any atom is -0.421 e. The van der Waals surface area contributed by atoms with Gasteiger partial charge in [0.2, 0.25) is 0 Å². The van der Waals surface area contributed by atoms with E-state index in [2.05, 4.69) is 47.7 Å². The van der Waals surface area contributed by atoms with Crippen molar-refractivity contribution in [1.29, 1.82) is 0 Å². The molecule has 0 atom stereocenters. The van der Waals surface area contributed by atoms with Crippen molar-refractivity contribution >= 4 is 84.9 Å². The third-order valence-electron chi connectivity index (χ3n) is 5.63. The van der Waals surface area contributed by atoms with Crippen LogP contribution in [0.5, 0.6) is 5.75 Å². The summed E-state index contributed by atoms with van der Waals surface area (Å²) in [6.07, 6.45) is 3.94. The van der Waals surface area contributed by atoms with Crippen molar-refractivity contribution in [3.05, 3.63) is 137 Å². The lowest BCUT2D eigenvalue weighted by Gasteiger charge is -2.09. The van der Waals surface area contributed by atoms with E-state index in [9.17, 15) is 24.5 Å². The van der Waals surface area contributed by atoms with Gasteiger partial charge in [0.25, 0.3) is 17.5 Å². The van der Waals surface area contributed by atoms with E-state index in [0.29, 0.717) is 36.3 Å². The number of halogens is 3. The van der Waals surface area contributed by atoms with Gasteiger partial charge in [-0.25, -0.2) is 10.2 Å². The summed E-state index contributed by atoms with van der Waals surface area (Å²) in [7, 11) is 0. The van der Waals surface area contributed by atoms with Gasteiger partial charge in [-0.15, -0.1) is 0 Å². The van der Waals surface area contributed by atoms with Crippen LogP contribution in [0.15, 0.2) is 105 Å². The average molecular weight is 727 g/mol. The van der Waals surface area contributed by atoms with Crippen LogP contribution < -0.4 is 15.5 Å². The molecule has 0 aliphatic carbocycles. The first-order valence-corrected chi connectivity index (χ1v) is 14.2. The number of anilines is 1. The van der Waals surface area contributed by atoms with E-state index >= 15 is 0 Å². The standard InChI is InChI=1S/C30H19Br2ClN4O6/c31-21-14-20(28(25(32)16-21)43-27(38)13-10-18-8-11-23(12-9-18)37(41)42)17-34-36-29(39)19-4-3-5-22(15-19)35-30(40)24-6-1-2-7-26(24)33/h1-17H,(H,35,40)(H,36,39)/b13-10+,34-17?. The first-order chi connectivity index (χ1) is 20.6. The molecule has 216 valence electrons. The summed E-state index contributed by atoms with van der Waals surface area (Å²) in [5, 5.41) is 17.8. The molecule has 0 bridgehead atoms. The Kier molecular flexibility index (Phi) is 10.5. The molecule has 0 spiro atoms. The summed E-state index contributed by atoms with van der Waals surface area (Å²) in [4.78, 5) is 48.2. The second kappa shape index (κ2) is 14.5. The Morgan fingerprint density at radius 1 is 0.930 bits per heavy atom. The maximum Gasteiger partial charge on any atom is 0.336 e. The fraction of sp³-hybridized carbons (Fsp3) is 0. The second-order valence-electron chi connectivity index (χ2n) is 8.62. The van der Waals surface area contributed by atoms with E-state index in [1.54, 1.807) is 54.6 Å². The molecule has 13 heteroatoms. The predicted molar refractivity (Wildman–Crippen MR) is 171 cm³/mol. The topological polar surface area (TPSA) is 140 Å². The molecule has 43 heavy (non-hydrogen) atoms. The number of ether oxygens (including phenoxy) is 1. The number of nitro groups is 1. The number of carbonyl (C=O) groups excluding carboxylic acids is 3. The largest absolute Gasteiger partial charge is 0.421 e. The number of non-ortho nitro benzene ring substituents is 1. The summed E-state index contributed by atoms with van der Waals surface area (Å²) in [5.41, 5.74) is 4.17. The van der Waals surface area contributed by atoms with Crippen LogP contribution in [-0.4, -0.2) is 28.9 Å². The predicted octanol–water partition coefficient (Wildman–Crippen LogP) is 7.41. The molecule has 0 heterocycles. The summed E-state index contributed by atoms with van der Waals surface area (Å²) in [5.74, 6) is -1.55. The number of rotatable bonds is 9. The van der Waals surface area contributed by atoms with Crippen LogP contribution in [0.25, 0.3) is 6.08 Å². The number of esters is 1. The zero-order valence-corrected chi connectivity index (χ0v) is 25.7. The number of benzene rings is 4. The number of nitrogens with zero attached hydrogens (tertiary/aromatic N) is 2. The highest BCUT2D eigenvalue weighted by molar-refractivity contribution is 9.11. The molecule has 0 fully saturated rings. The van der Waals surface area contributed by atoms with Crippen LogP contribution in [0.2, 0.25) is 5.02 Å². The molecular formula is C30H19Br2ClN4O6. The van der Waals surface area contributed by atoms with Crippen LogP contribution in [-0.2, 0) is 4.79 Å². The Balaban J connectivity index is 1.43. The summed E-state index contributed by atoms with van der Waals surface area (Å²) < 4.78 is 6.59. The molecule has 0 saturated carbocycles. The maximum absolute atomic E-state index is 12.8. The molecule has 0 saturated heterocycles. The van der Waals surface area contributed by atoms with E-state index in [-0.39, 0.29) is 17.0 Å². The third-order valence-corrected chi connectivity index (χ3v) is 7.00. The van der Waals surface area contributed by atoms with Crippen molar-refractivity contribution in [3.8, 4) is 5.75 Å².